The van der Waals surface area contributed by atoms with Gasteiger partial charge >= 0.3 is 0 Å². The van der Waals surface area contributed by atoms with Crippen LogP contribution in [0.1, 0.15) is 16.7 Å². The molecule has 23 heavy (non-hydrogen) atoms. The number of nitrogens with one attached hydrogen (secondary N) is 1. The molecule has 0 radical (unpaired) electrons. The SMILES string of the molecule is O=S(=O)(Cc1ccc(F)cc1)NCC1(O)Cc2ccccc2C1. The molecule has 1 aliphatic carbocycles. The third-order valence-electron chi connectivity index (χ3n) is 4.05. The molecule has 6 heteroatoms. The van der Waals surface area contributed by atoms with E-state index < -0.39 is 21.4 Å². The van der Waals surface area contributed by atoms with Crippen LogP contribution in [0.5, 0.6) is 0 Å². The fraction of sp³-hybridized carbons (Fsp3) is 0.294. The third kappa shape index (κ3) is 3.96. The van der Waals surface area contributed by atoms with E-state index in [9.17, 15) is 17.9 Å². The number of halogens is 1. The molecule has 0 aromatic heterocycles. The van der Waals surface area contributed by atoms with Crippen molar-refractivity contribution < 1.29 is 17.9 Å². The summed E-state index contributed by atoms with van der Waals surface area (Å²) in [4.78, 5) is 0. The van der Waals surface area contributed by atoms with Crippen molar-refractivity contribution in [3.63, 3.8) is 0 Å². The van der Waals surface area contributed by atoms with Crippen LogP contribution in [0.4, 0.5) is 4.39 Å². The summed E-state index contributed by atoms with van der Waals surface area (Å²) < 4.78 is 39.6. The monoisotopic (exact) mass is 335 g/mol. The zero-order valence-corrected chi connectivity index (χ0v) is 13.3. The predicted octanol–water partition coefficient (Wildman–Crippen LogP) is 1.78. The first-order valence-electron chi connectivity index (χ1n) is 7.36. The summed E-state index contributed by atoms with van der Waals surface area (Å²) in [5, 5.41) is 10.6. The zero-order chi connectivity index (χ0) is 16.5. The van der Waals surface area contributed by atoms with Gasteiger partial charge in [-0.1, -0.05) is 36.4 Å². The van der Waals surface area contributed by atoms with Gasteiger partial charge in [0.1, 0.15) is 5.82 Å². The fourth-order valence-electron chi connectivity index (χ4n) is 2.89. The molecule has 0 aliphatic heterocycles. The smallest absolute Gasteiger partial charge is 0.215 e. The zero-order valence-electron chi connectivity index (χ0n) is 12.5. The molecule has 2 aromatic carbocycles. The van der Waals surface area contributed by atoms with E-state index in [0.717, 1.165) is 11.1 Å². The Bertz CT molecular complexity index is 778. The lowest BCUT2D eigenvalue weighted by molar-refractivity contribution is 0.0567. The lowest BCUT2D eigenvalue weighted by Gasteiger charge is -2.22. The topological polar surface area (TPSA) is 66.4 Å². The molecule has 0 heterocycles. The lowest BCUT2D eigenvalue weighted by Crippen LogP contribution is -2.43. The van der Waals surface area contributed by atoms with Crippen LogP contribution in [0.3, 0.4) is 0 Å². The van der Waals surface area contributed by atoms with E-state index >= 15 is 0 Å². The van der Waals surface area contributed by atoms with Crippen molar-refractivity contribution in [2.75, 3.05) is 6.54 Å². The minimum Gasteiger partial charge on any atom is -0.388 e. The lowest BCUT2D eigenvalue weighted by atomic mass is 10.0. The van der Waals surface area contributed by atoms with Crippen LogP contribution >= 0.6 is 0 Å². The van der Waals surface area contributed by atoms with E-state index in [2.05, 4.69) is 4.72 Å². The van der Waals surface area contributed by atoms with Crippen LogP contribution in [0.15, 0.2) is 48.5 Å². The van der Waals surface area contributed by atoms with Crippen molar-refractivity contribution in [1.29, 1.82) is 0 Å². The standard InChI is InChI=1S/C17H18FNO3S/c18-16-7-5-13(6-8-16)11-23(21,22)19-12-17(20)9-14-3-1-2-4-15(14)10-17/h1-8,19-20H,9-12H2. The number of hydrogen-bond acceptors (Lipinski definition) is 3. The van der Waals surface area contributed by atoms with Gasteiger partial charge in [0.25, 0.3) is 0 Å². The Labute approximate surface area is 135 Å². The van der Waals surface area contributed by atoms with E-state index in [4.69, 9.17) is 0 Å². The van der Waals surface area contributed by atoms with Gasteiger partial charge in [-0.05, 0) is 28.8 Å². The molecule has 0 fully saturated rings. The molecule has 1 aliphatic rings. The number of fused-ring (bicyclic) bond motifs is 1. The summed E-state index contributed by atoms with van der Waals surface area (Å²) in [6, 6.07) is 13.0. The van der Waals surface area contributed by atoms with Crippen LogP contribution < -0.4 is 4.72 Å². The molecular weight excluding hydrogens is 317 g/mol. The van der Waals surface area contributed by atoms with Crippen molar-refractivity contribution in [1.82, 2.24) is 4.72 Å². The summed E-state index contributed by atoms with van der Waals surface area (Å²) in [6.45, 7) is -0.0365. The fourth-order valence-corrected chi connectivity index (χ4v) is 4.12. The van der Waals surface area contributed by atoms with Crippen LogP contribution in [0, 0.1) is 5.82 Å². The van der Waals surface area contributed by atoms with Gasteiger partial charge in [-0.2, -0.15) is 0 Å². The van der Waals surface area contributed by atoms with Gasteiger partial charge in [-0.15, -0.1) is 0 Å². The molecule has 0 atom stereocenters. The highest BCUT2D eigenvalue weighted by Crippen LogP contribution is 2.29. The quantitative estimate of drug-likeness (QED) is 0.875. The molecule has 2 N–H and O–H groups in total. The van der Waals surface area contributed by atoms with Crippen molar-refractivity contribution in [3.8, 4) is 0 Å². The maximum absolute atomic E-state index is 12.9. The minimum atomic E-state index is -3.59. The Kier molecular flexibility index (Phi) is 4.23. The van der Waals surface area contributed by atoms with Crippen molar-refractivity contribution in [2.24, 2.45) is 0 Å². The molecule has 0 saturated heterocycles. The maximum atomic E-state index is 12.9. The van der Waals surface area contributed by atoms with Gasteiger partial charge in [0.15, 0.2) is 0 Å². The average Bonchev–Trinajstić information content (AvgIpc) is 2.84. The normalized spacial score (nSPS) is 16.3. The number of hydrogen-bond donors (Lipinski definition) is 2. The van der Waals surface area contributed by atoms with Gasteiger partial charge in [0.05, 0.1) is 11.4 Å². The van der Waals surface area contributed by atoms with E-state index in [1.807, 2.05) is 24.3 Å². The predicted molar refractivity (Wildman–Crippen MR) is 85.8 cm³/mol. The highest BCUT2D eigenvalue weighted by Gasteiger charge is 2.35. The summed E-state index contributed by atoms with van der Waals surface area (Å²) in [5.41, 5.74) is 1.50. The molecular formula is C17H18FNO3S. The van der Waals surface area contributed by atoms with Crippen LogP contribution in [0.25, 0.3) is 0 Å². The van der Waals surface area contributed by atoms with Crippen molar-refractivity contribution in [3.05, 3.63) is 71.0 Å². The molecule has 0 bridgehead atoms. The summed E-state index contributed by atoms with van der Waals surface area (Å²) >= 11 is 0. The Morgan fingerprint density at radius 1 is 1.04 bits per heavy atom. The second-order valence-electron chi connectivity index (χ2n) is 6.05. The van der Waals surface area contributed by atoms with Crippen LogP contribution in [-0.4, -0.2) is 25.7 Å². The summed E-state index contributed by atoms with van der Waals surface area (Å²) in [6.07, 6.45) is 0.866. The largest absolute Gasteiger partial charge is 0.388 e. The Morgan fingerprint density at radius 2 is 1.61 bits per heavy atom. The molecule has 0 spiro atoms. The molecule has 0 amide bonds. The first-order chi connectivity index (χ1) is 10.9. The number of rotatable bonds is 5. The molecule has 2 aromatic rings. The Morgan fingerprint density at radius 3 is 2.17 bits per heavy atom. The first kappa shape index (κ1) is 16.1. The third-order valence-corrected chi connectivity index (χ3v) is 5.35. The van der Waals surface area contributed by atoms with Crippen molar-refractivity contribution >= 4 is 10.0 Å². The van der Waals surface area contributed by atoms with E-state index in [-0.39, 0.29) is 12.3 Å². The average molecular weight is 335 g/mol. The van der Waals surface area contributed by atoms with Crippen molar-refractivity contribution in [2.45, 2.75) is 24.2 Å². The second-order valence-corrected chi connectivity index (χ2v) is 7.86. The first-order valence-corrected chi connectivity index (χ1v) is 9.01. The molecule has 4 nitrogen and oxygen atoms in total. The highest BCUT2D eigenvalue weighted by atomic mass is 32.2. The summed E-state index contributed by atoms with van der Waals surface area (Å²) in [7, 11) is -3.59. The molecule has 0 saturated carbocycles. The number of sulfonamides is 1. The van der Waals surface area contributed by atoms with E-state index in [1.165, 1.54) is 24.3 Å². The van der Waals surface area contributed by atoms with Gasteiger partial charge in [0.2, 0.25) is 10.0 Å². The number of benzene rings is 2. The van der Waals surface area contributed by atoms with Crippen LogP contribution in [-0.2, 0) is 28.6 Å². The molecule has 3 rings (SSSR count). The molecule has 122 valence electrons. The maximum Gasteiger partial charge on any atom is 0.215 e. The van der Waals surface area contributed by atoms with E-state index in [0.29, 0.717) is 18.4 Å². The van der Waals surface area contributed by atoms with Gasteiger partial charge in [-0.25, -0.2) is 17.5 Å². The van der Waals surface area contributed by atoms with Gasteiger partial charge < -0.3 is 5.11 Å². The Balaban J connectivity index is 1.62. The van der Waals surface area contributed by atoms with Crippen LogP contribution in [0.2, 0.25) is 0 Å². The molecule has 0 unspecified atom stereocenters. The Hall–Kier alpha value is -1.76. The van der Waals surface area contributed by atoms with E-state index in [1.54, 1.807) is 0 Å². The van der Waals surface area contributed by atoms with Gasteiger partial charge in [-0.3, -0.25) is 0 Å². The minimum absolute atomic E-state index is 0.0365. The second kappa shape index (κ2) is 6.03. The summed E-state index contributed by atoms with van der Waals surface area (Å²) in [5.74, 6) is -0.645. The number of aliphatic hydroxyl groups is 1. The van der Waals surface area contributed by atoms with Gasteiger partial charge in [0, 0.05) is 19.4 Å². The highest BCUT2D eigenvalue weighted by molar-refractivity contribution is 7.88.